The fourth-order valence-electron chi connectivity index (χ4n) is 3.28. The van der Waals surface area contributed by atoms with Gasteiger partial charge in [0.1, 0.15) is 0 Å². The highest BCUT2D eigenvalue weighted by molar-refractivity contribution is 7.22. The number of carbonyl (C=O) groups excluding carboxylic acids is 3. The predicted octanol–water partition coefficient (Wildman–Crippen LogP) is 4.22. The molecule has 0 atom stereocenters. The highest BCUT2D eigenvalue weighted by Crippen LogP contribution is 2.31. The van der Waals surface area contributed by atoms with Gasteiger partial charge >= 0.3 is 0 Å². The number of fused-ring (bicyclic) bond motifs is 2. The van der Waals surface area contributed by atoms with E-state index in [0.29, 0.717) is 16.3 Å². The first-order chi connectivity index (χ1) is 13.7. The van der Waals surface area contributed by atoms with Gasteiger partial charge in [0.2, 0.25) is 5.91 Å². The molecule has 0 spiro atoms. The molecule has 6 nitrogen and oxygen atoms in total. The van der Waals surface area contributed by atoms with E-state index in [1.54, 1.807) is 24.3 Å². The molecule has 1 aliphatic heterocycles. The van der Waals surface area contributed by atoms with E-state index in [4.69, 9.17) is 0 Å². The first kappa shape index (κ1) is 19.3. The minimum absolute atomic E-state index is 0.0225. The molecule has 29 heavy (non-hydrogen) atoms. The highest BCUT2D eigenvalue weighted by Gasteiger charge is 2.35. The van der Waals surface area contributed by atoms with Gasteiger partial charge in [-0.3, -0.25) is 19.3 Å². The molecule has 0 fully saturated rings. The molecule has 0 saturated heterocycles. The Bertz CT molecular complexity index is 1110. The van der Waals surface area contributed by atoms with Crippen LogP contribution in [0.15, 0.2) is 42.5 Å². The molecule has 0 bridgehead atoms. The molecule has 0 radical (unpaired) electrons. The second kappa shape index (κ2) is 7.08. The van der Waals surface area contributed by atoms with Crippen molar-refractivity contribution >= 4 is 44.4 Å². The fourth-order valence-corrected chi connectivity index (χ4v) is 4.20. The molecule has 0 unspecified atom stereocenters. The molecule has 0 saturated carbocycles. The molecule has 4 rings (SSSR count). The molecule has 3 aromatic rings. The summed E-state index contributed by atoms with van der Waals surface area (Å²) in [7, 11) is 0. The van der Waals surface area contributed by atoms with Gasteiger partial charge in [-0.05, 0) is 35.2 Å². The third-order valence-corrected chi connectivity index (χ3v) is 5.88. The standard InChI is InChI=1S/C22H21N3O3S/c1-22(2,3)13-8-9-16-17(12-13)29-21(23-16)24-18(26)10-11-25-19(27)14-6-4-5-7-15(14)20(25)28/h4-9,12H,10-11H2,1-3H3,(H,23,24,26). The highest BCUT2D eigenvalue weighted by atomic mass is 32.1. The van der Waals surface area contributed by atoms with E-state index in [2.05, 4.69) is 43.2 Å². The number of hydrogen-bond acceptors (Lipinski definition) is 5. The van der Waals surface area contributed by atoms with Gasteiger partial charge in [0.15, 0.2) is 5.13 Å². The Labute approximate surface area is 172 Å². The number of nitrogens with zero attached hydrogens (tertiary/aromatic N) is 2. The summed E-state index contributed by atoms with van der Waals surface area (Å²) in [5, 5.41) is 3.30. The molecular formula is C22H21N3O3S. The Morgan fingerprint density at radius 2 is 1.72 bits per heavy atom. The van der Waals surface area contributed by atoms with Crippen molar-refractivity contribution in [3.8, 4) is 0 Å². The van der Waals surface area contributed by atoms with Crippen LogP contribution in [0.3, 0.4) is 0 Å². The summed E-state index contributed by atoms with van der Waals surface area (Å²) < 4.78 is 1.01. The molecule has 1 aliphatic rings. The van der Waals surface area contributed by atoms with Gasteiger partial charge < -0.3 is 5.32 Å². The van der Waals surface area contributed by atoms with Crippen LogP contribution in [0.4, 0.5) is 5.13 Å². The average Bonchev–Trinajstić information content (AvgIpc) is 3.18. The maximum Gasteiger partial charge on any atom is 0.261 e. The van der Waals surface area contributed by atoms with Gasteiger partial charge in [0.05, 0.1) is 21.3 Å². The Balaban J connectivity index is 1.42. The summed E-state index contributed by atoms with van der Waals surface area (Å²) in [4.78, 5) is 42.7. The zero-order valence-electron chi connectivity index (χ0n) is 16.5. The lowest BCUT2D eigenvalue weighted by atomic mass is 9.87. The Morgan fingerprint density at radius 3 is 2.34 bits per heavy atom. The van der Waals surface area contributed by atoms with Crippen molar-refractivity contribution in [2.45, 2.75) is 32.6 Å². The van der Waals surface area contributed by atoms with Crippen molar-refractivity contribution in [1.29, 1.82) is 0 Å². The Hall–Kier alpha value is -3.06. The van der Waals surface area contributed by atoms with Crippen LogP contribution in [0.25, 0.3) is 10.2 Å². The lowest BCUT2D eigenvalue weighted by molar-refractivity contribution is -0.116. The number of aromatic nitrogens is 1. The van der Waals surface area contributed by atoms with Gasteiger partial charge in [-0.25, -0.2) is 4.98 Å². The largest absolute Gasteiger partial charge is 0.302 e. The van der Waals surface area contributed by atoms with Crippen LogP contribution in [0.1, 0.15) is 53.5 Å². The fraction of sp³-hybridized carbons (Fsp3) is 0.273. The lowest BCUT2D eigenvalue weighted by Gasteiger charge is -2.18. The van der Waals surface area contributed by atoms with Crippen molar-refractivity contribution in [1.82, 2.24) is 9.88 Å². The van der Waals surface area contributed by atoms with Crippen LogP contribution in [-0.2, 0) is 10.2 Å². The summed E-state index contributed by atoms with van der Waals surface area (Å²) in [5.74, 6) is -0.988. The first-order valence-electron chi connectivity index (χ1n) is 9.40. The van der Waals surface area contributed by atoms with Crippen LogP contribution < -0.4 is 5.32 Å². The van der Waals surface area contributed by atoms with Gasteiger partial charge in [-0.2, -0.15) is 0 Å². The summed E-state index contributed by atoms with van der Waals surface area (Å²) in [6, 6.07) is 12.8. The molecular weight excluding hydrogens is 386 g/mol. The summed E-state index contributed by atoms with van der Waals surface area (Å²) in [6.45, 7) is 6.49. The minimum atomic E-state index is -0.354. The smallest absolute Gasteiger partial charge is 0.261 e. The minimum Gasteiger partial charge on any atom is -0.302 e. The van der Waals surface area contributed by atoms with Crippen LogP contribution in [-0.4, -0.2) is 34.2 Å². The van der Waals surface area contributed by atoms with Crippen molar-refractivity contribution in [3.05, 3.63) is 59.2 Å². The second-order valence-electron chi connectivity index (χ2n) is 8.06. The Morgan fingerprint density at radius 1 is 1.07 bits per heavy atom. The number of carbonyl (C=O) groups is 3. The van der Waals surface area contributed by atoms with Crippen molar-refractivity contribution in [2.24, 2.45) is 0 Å². The van der Waals surface area contributed by atoms with Gasteiger partial charge in [-0.1, -0.05) is 50.3 Å². The topological polar surface area (TPSA) is 79.4 Å². The Kier molecular flexibility index (Phi) is 4.70. The maximum atomic E-state index is 12.4. The first-order valence-corrected chi connectivity index (χ1v) is 10.2. The molecule has 148 valence electrons. The third-order valence-electron chi connectivity index (χ3n) is 4.94. The molecule has 2 heterocycles. The molecule has 3 amide bonds. The zero-order chi connectivity index (χ0) is 20.8. The van der Waals surface area contributed by atoms with Crippen LogP contribution in [0.5, 0.6) is 0 Å². The number of anilines is 1. The maximum absolute atomic E-state index is 12.4. The molecule has 1 N–H and O–H groups in total. The normalized spacial score (nSPS) is 13.8. The van der Waals surface area contributed by atoms with E-state index >= 15 is 0 Å². The number of nitrogens with one attached hydrogen (secondary N) is 1. The number of imide groups is 1. The summed E-state index contributed by atoms with van der Waals surface area (Å²) in [5.41, 5.74) is 2.85. The van der Waals surface area contributed by atoms with E-state index in [1.165, 1.54) is 16.9 Å². The number of benzene rings is 2. The summed E-state index contributed by atoms with van der Waals surface area (Å²) in [6.07, 6.45) is 0.0225. The molecule has 0 aliphatic carbocycles. The van der Waals surface area contributed by atoms with E-state index in [0.717, 1.165) is 15.1 Å². The van der Waals surface area contributed by atoms with Crippen molar-refractivity contribution < 1.29 is 14.4 Å². The van der Waals surface area contributed by atoms with Crippen LogP contribution >= 0.6 is 11.3 Å². The van der Waals surface area contributed by atoms with Crippen molar-refractivity contribution in [2.75, 3.05) is 11.9 Å². The van der Waals surface area contributed by atoms with Crippen LogP contribution in [0.2, 0.25) is 0 Å². The number of rotatable bonds is 4. The SMILES string of the molecule is CC(C)(C)c1ccc2nc(NC(=O)CCN3C(=O)c4ccccc4C3=O)sc2c1. The summed E-state index contributed by atoms with van der Waals surface area (Å²) >= 11 is 1.41. The molecule has 2 aromatic carbocycles. The van der Waals surface area contributed by atoms with Crippen LogP contribution in [0, 0.1) is 0 Å². The second-order valence-corrected chi connectivity index (χ2v) is 9.09. The monoisotopic (exact) mass is 407 g/mol. The van der Waals surface area contributed by atoms with Gasteiger partial charge in [0, 0.05) is 13.0 Å². The predicted molar refractivity (Wildman–Crippen MR) is 113 cm³/mol. The quantitative estimate of drug-likeness (QED) is 0.657. The third kappa shape index (κ3) is 3.65. The van der Waals surface area contributed by atoms with E-state index in [1.807, 2.05) is 6.07 Å². The van der Waals surface area contributed by atoms with Gasteiger partial charge in [0.25, 0.3) is 11.8 Å². The van der Waals surface area contributed by atoms with E-state index in [-0.39, 0.29) is 36.1 Å². The average molecular weight is 407 g/mol. The number of hydrogen-bond donors (Lipinski definition) is 1. The number of thiazole rings is 1. The zero-order valence-corrected chi connectivity index (χ0v) is 17.3. The lowest BCUT2D eigenvalue weighted by Crippen LogP contribution is -2.32. The molecule has 7 heteroatoms. The number of amides is 3. The van der Waals surface area contributed by atoms with Crippen molar-refractivity contribution in [3.63, 3.8) is 0 Å². The van der Waals surface area contributed by atoms with E-state index in [9.17, 15) is 14.4 Å². The van der Waals surface area contributed by atoms with Gasteiger partial charge in [-0.15, -0.1) is 0 Å². The van der Waals surface area contributed by atoms with E-state index < -0.39 is 0 Å². The molecule has 1 aromatic heterocycles.